The molecule has 0 amide bonds. The second-order valence-corrected chi connectivity index (χ2v) is 4.20. The molecule has 0 heterocycles. The van der Waals surface area contributed by atoms with Gasteiger partial charge in [0.2, 0.25) is 11.3 Å². The third kappa shape index (κ3) is 9.99. The van der Waals surface area contributed by atoms with E-state index in [4.69, 9.17) is 4.55 Å². The number of nitrogens with one attached hydrogen (secondary N) is 1. The summed E-state index contributed by atoms with van der Waals surface area (Å²) in [6.45, 7) is 4.13. The predicted octanol–water partition coefficient (Wildman–Crippen LogP) is 2.46. The summed E-state index contributed by atoms with van der Waals surface area (Å²) >= 11 is -1.85. The van der Waals surface area contributed by atoms with Crippen LogP contribution < -0.4 is 4.72 Å². The second kappa shape index (κ2) is 8.66. The maximum absolute atomic E-state index is 10.3. The lowest BCUT2D eigenvalue weighted by Gasteiger charge is -2.09. The summed E-state index contributed by atoms with van der Waals surface area (Å²) in [6, 6.07) is 0.146. The van der Waals surface area contributed by atoms with E-state index in [9.17, 15) is 4.21 Å². The van der Waals surface area contributed by atoms with Crippen molar-refractivity contribution < 1.29 is 8.76 Å². The van der Waals surface area contributed by atoms with Crippen molar-refractivity contribution in [1.82, 2.24) is 4.72 Å². The van der Waals surface area contributed by atoms with E-state index in [2.05, 4.69) is 11.6 Å². The Hall–Kier alpha value is 0.0700. The molecule has 0 rings (SSSR count). The lowest BCUT2D eigenvalue weighted by molar-refractivity contribution is 0.502. The van der Waals surface area contributed by atoms with Crippen molar-refractivity contribution in [2.24, 2.45) is 0 Å². The van der Waals surface area contributed by atoms with Gasteiger partial charge in [-0.2, -0.15) is 0 Å². The summed E-state index contributed by atoms with van der Waals surface area (Å²) in [5.41, 5.74) is 0. The average Bonchev–Trinajstić information content (AvgIpc) is 2.02. The van der Waals surface area contributed by atoms with Gasteiger partial charge in [-0.3, -0.25) is 4.55 Å². The van der Waals surface area contributed by atoms with E-state index in [1.165, 1.54) is 25.7 Å². The van der Waals surface area contributed by atoms with Crippen LogP contribution in [0.25, 0.3) is 0 Å². The molecule has 2 unspecified atom stereocenters. The van der Waals surface area contributed by atoms with Crippen LogP contribution in [0, 0.1) is 0 Å². The van der Waals surface area contributed by atoms with Crippen LogP contribution in [-0.4, -0.2) is 14.8 Å². The lowest BCUT2D eigenvalue weighted by atomic mass is 10.1. The topological polar surface area (TPSA) is 49.3 Å². The van der Waals surface area contributed by atoms with Crippen molar-refractivity contribution in [3.05, 3.63) is 0 Å². The Morgan fingerprint density at radius 2 is 1.92 bits per heavy atom. The van der Waals surface area contributed by atoms with Crippen LogP contribution in [0.1, 0.15) is 52.4 Å². The molecule has 2 N–H and O–H groups in total. The monoisotopic (exact) mass is 207 g/mol. The molecule has 4 heteroatoms. The first-order chi connectivity index (χ1) is 6.16. The van der Waals surface area contributed by atoms with Gasteiger partial charge in [0.05, 0.1) is 0 Å². The summed E-state index contributed by atoms with van der Waals surface area (Å²) in [5, 5.41) is 0. The van der Waals surface area contributed by atoms with Gasteiger partial charge in [-0.1, -0.05) is 39.0 Å². The van der Waals surface area contributed by atoms with Gasteiger partial charge in [0.25, 0.3) is 0 Å². The van der Waals surface area contributed by atoms with Crippen molar-refractivity contribution in [2.75, 3.05) is 0 Å². The van der Waals surface area contributed by atoms with E-state index in [0.717, 1.165) is 12.8 Å². The van der Waals surface area contributed by atoms with Crippen molar-refractivity contribution in [3.8, 4) is 0 Å². The van der Waals surface area contributed by atoms with Gasteiger partial charge in [0.15, 0.2) is 0 Å². The third-order valence-electron chi connectivity index (χ3n) is 2.04. The Labute approximate surface area is 83.7 Å². The van der Waals surface area contributed by atoms with Gasteiger partial charge in [0, 0.05) is 6.04 Å². The normalized spacial score (nSPS) is 15.6. The molecule has 0 aliphatic heterocycles. The van der Waals surface area contributed by atoms with Crippen LogP contribution in [0.5, 0.6) is 0 Å². The van der Waals surface area contributed by atoms with Crippen LogP contribution in [0.15, 0.2) is 0 Å². The van der Waals surface area contributed by atoms with E-state index < -0.39 is 11.3 Å². The molecule has 80 valence electrons. The highest BCUT2D eigenvalue weighted by Crippen LogP contribution is 2.06. The van der Waals surface area contributed by atoms with E-state index in [-0.39, 0.29) is 6.04 Å². The van der Waals surface area contributed by atoms with Gasteiger partial charge in [-0.05, 0) is 13.3 Å². The third-order valence-corrected chi connectivity index (χ3v) is 2.65. The van der Waals surface area contributed by atoms with E-state index in [0.29, 0.717) is 0 Å². The summed E-state index contributed by atoms with van der Waals surface area (Å²) in [7, 11) is 0. The minimum Gasteiger partial charge on any atom is -0.294 e. The highest BCUT2D eigenvalue weighted by Gasteiger charge is 2.02. The SMILES string of the molecule is CCCCCCCC(C)NS(=O)O. The zero-order valence-electron chi connectivity index (χ0n) is 8.58. The van der Waals surface area contributed by atoms with Gasteiger partial charge < -0.3 is 0 Å². The fourth-order valence-electron chi connectivity index (χ4n) is 1.29. The maximum Gasteiger partial charge on any atom is 0.231 e. The largest absolute Gasteiger partial charge is 0.294 e. The summed E-state index contributed by atoms with van der Waals surface area (Å²) < 4.78 is 21.4. The number of hydrogen-bond acceptors (Lipinski definition) is 1. The molecule has 0 saturated carbocycles. The Kier molecular flexibility index (Phi) is 8.71. The molecule has 0 aromatic heterocycles. The summed E-state index contributed by atoms with van der Waals surface area (Å²) in [6.07, 6.45) is 7.20. The van der Waals surface area contributed by atoms with E-state index in [1.54, 1.807) is 0 Å². The number of hydrogen-bond donors (Lipinski definition) is 2. The number of rotatable bonds is 8. The van der Waals surface area contributed by atoms with Crippen molar-refractivity contribution in [1.29, 1.82) is 0 Å². The van der Waals surface area contributed by atoms with Gasteiger partial charge in [-0.25, -0.2) is 8.93 Å². The fraction of sp³-hybridized carbons (Fsp3) is 1.00. The minimum absolute atomic E-state index is 0.146. The van der Waals surface area contributed by atoms with Crippen LogP contribution in [0.3, 0.4) is 0 Å². The standard InChI is InChI=1S/C9H21NO2S/c1-3-4-5-6-7-8-9(2)10-13(11)12/h9-10H,3-8H2,1-2H3,(H,11,12). The molecule has 0 spiro atoms. The van der Waals surface area contributed by atoms with E-state index >= 15 is 0 Å². The molecule has 3 nitrogen and oxygen atoms in total. The van der Waals surface area contributed by atoms with Crippen LogP contribution >= 0.6 is 0 Å². The Morgan fingerprint density at radius 1 is 1.31 bits per heavy atom. The minimum atomic E-state index is -1.85. The molecule has 13 heavy (non-hydrogen) atoms. The highest BCUT2D eigenvalue weighted by atomic mass is 32.2. The second-order valence-electron chi connectivity index (χ2n) is 3.47. The number of unbranched alkanes of at least 4 members (excludes halogenated alkanes) is 4. The molecule has 0 saturated heterocycles. The zero-order chi connectivity index (χ0) is 10.1. The van der Waals surface area contributed by atoms with Crippen LogP contribution in [-0.2, 0) is 11.3 Å². The maximum atomic E-state index is 10.3. The summed E-state index contributed by atoms with van der Waals surface area (Å²) in [5.74, 6) is 0. The van der Waals surface area contributed by atoms with Crippen molar-refractivity contribution >= 4 is 11.3 Å². The molecular weight excluding hydrogens is 186 g/mol. The fourth-order valence-corrected chi connectivity index (χ4v) is 1.75. The summed E-state index contributed by atoms with van der Waals surface area (Å²) in [4.78, 5) is 0. The molecule has 0 aliphatic rings. The average molecular weight is 207 g/mol. The zero-order valence-corrected chi connectivity index (χ0v) is 9.40. The molecule has 0 bridgehead atoms. The first-order valence-corrected chi connectivity index (χ1v) is 6.14. The van der Waals surface area contributed by atoms with Crippen molar-refractivity contribution in [2.45, 2.75) is 58.4 Å². The lowest BCUT2D eigenvalue weighted by Crippen LogP contribution is -2.27. The first kappa shape index (κ1) is 13.1. The molecule has 0 aromatic rings. The molecule has 0 aliphatic carbocycles. The van der Waals surface area contributed by atoms with Gasteiger partial charge >= 0.3 is 0 Å². The Morgan fingerprint density at radius 3 is 2.46 bits per heavy atom. The van der Waals surface area contributed by atoms with Gasteiger partial charge in [0.1, 0.15) is 0 Å². The molecular formula is C9H21NO2S. The van der Waals surface area contributed by atoms with Crippen LogP contribution in [0.4, 0.5) is 0 Å². The van der Waals surface area contributed by atoms with Gasteiger partial charge in [-0.15, -0.1) is 0 Å². The Balaban J connectivity index is 3.17. The first-order valence-electron chi connectivity index (χ1n) is 5.03. The van der Waals surface area contributed by atoms with Crippen LogP contribution in [0.2, 0.25) is 0 Å². The predicted molar refractivity (Wildman–Crippen MR) is 56.7 cm³/mol. The van der Waals surface area contributed by atoms with Crippen molar-refractivity contribution in [3.63, 3.8) is 0 Å². The molecule has 2 atom stereocenters. The molecule has 0 aromatic carbocycles. The Bertz CT molecular complexity index is 142. The molecule has 0 fully saturated rings. The quantitative estimate of drug-likeness (QED) is 0.474. The van der Waals surface area contributed by atoms with E-state index in [1.807, 2.05) is 6.92 Å². The molecule has 0 radical (unpaired) electrons. The highest BCUT2D eigenvalue weighted by molar-refractivity contribution is 7.77. The smallest absolute Gasteiger partial charge is 0.231 e.